The molecule has 0 saturated heterocycles. The highest BCUT2D eigenvalue weighted by Gasteiger charge is 2.29. The highest BCUT2D eigenvalue weighted by atomic mass is 79.9. The van der Waals surface area contributed by atoms with E-state index in [0.717, 1.165) is 41.9 Å². The number of fused-ring (bicyclic) bond motifs is 2. The Balaban J connectivity index is 1.11. The lowest BCUT2D eigenvalue weighted by molar-refractivity contribution is -0.182. The van der Waals surface area contributed by atoms with Crippen molar-refractivity contribution in [3.05, 3.63) is 117 Å². The molecule has 4 aromatic carbocycles. The minimum absolute atomic E-state index is 0.324. The topological polar surface area (TPSA) is 109 Å². The van der Waals surface area contributed by atoms with Crippen molar-refractivity contribution in [1.82, 2.24) is 19.8 Å². The SMILES string of the molecule is CN(C)C(Cc1c[nH]c2ccc(Oc3ccc(Br)cc3)cc12)OC(=O)C(=O)OC(Cc1c[nH]c2ccc(Oc3ccc(Br)cc3)cc12)N(C)C. The Morgan fingerprint density at radius 2 is 0.940 bits per heavy atom. The zero-order valence-corrected chi connectivity index (χ0v) is 31.1. The van der Waals surface area contributed by atoms with Crippen LogP contribution < -0.4 is 9.47 Å². The lowest BCUT2D eigenvalue weighted by Crippen LogP contribution is -2.40. The summed E-state index contributed by atoms with van der Waals surface area (Å²) in [6.07, 6.45) is 2.92. The van der Waals surface area contributed by atoms with E-state index in [1.54, 1.807) is 38.0 Å². The molecule has 10 nitrogen and oxygen atoms in total. The molecule has 0 aliphatic rings. The average molecular weight is 805 g/mol. The second-order valence-corrected chi connectivity index (χ2v) is 14.0. The number of likely N-dealkylation sites (N-methyl/N-ethyl adjacent to an activating group) is 2. The second kappa shape index (κ2) is 15.5. The van der Waals surface area contributed by atoms with Crippen molar-refractivity contribution >= 4 is 65.6 Å². The molecular formula is C38H36Br2N4O6. The largest absolute Gasteiger partial charge is 0.457 e. The molecule has 0 aliphatic heterocycles. The fourth-order valence-corrected chi connectivity index (χ4v) is 5.96. The zero-order chi connectivity index (χ0) is 35.4. The van der Waals surface area contributed by atoms with Crippen LogP contribution in [0.25, 0.3) is 21.8 Å². The first-order valence-electron chi connectivity index (χ1n) is 15.8. The number of aromatic nitrogens is 2. The minimum atomic E-state index is -1.07. The third kappa shape index (κ3) is 8.56. The van der Waals surface area contributed by atoms with Crippen LogP contribution in [0.15, 0.2) is 106 Å². The van der Waals surface area contributed by atoms with Gasteiger partial charge in [-0.3, -0.25) is 9.80 Å². The van der Waals surface area contributed by atoms with Crippen LogP contribution in [0.3, 0.4) is 0 Å². The Kier molecular flexibility index (Phi) is 10.9. The number of carbonyl (C=O) groups excluding carboxylic acids is 2. The Bertz CT molecular complexity index is 1960. The molecule has 12 heteroatoms. The van der Waals surface area contributed by atoms with E-state index in [2.05, 4.69) is 41.8 Å². The van der Waals surface area contributed by atoms with Gasteiger partial charge in [-0.2, -0.15) is 0 Å². The molecule has 6 aromatic rings. The van der Waals surface area contributed by atoms with Gasteiger partial charge >= 0.3 is 11.9 Å². The van der Waals surface area contributed by atoms with Crippen LogP contribution in [0.5, 0.6) is 23.0 Å². The summed E-state index contributed by atoms with van der Waals surface area (Å²) in [5.74, 6) is 0.609. The highest BCUT2D eigenvalue weighted by molar-refractivity contribution is 9.10. The van der Waals surface area contributed by atoms with Crippen LogP contribution in [0.1, 0.15) is 11.1 Å². The van der Waals surface area contributed by atoms with E-state index in [1.165, 1.54) is 0 Å². The number of hydrogen-bond donors (Lipinski definition) is 2. The number of nitrogens with one attached hydrogen (secondary N) is 2. The molecule has 2 heterocycles. The van der Waals surface area contributed by atoms with Gasteiger partial charge < -0.3 is 28.9 Å². The first kappa shape index (κ1) is 35.2. The Morgan fingerprint density at radius 3 is 1.30 bits per heavy atom. The Morgan fingerprint density at radius 1 is 0.580 bits per heavy atom. The maximum atomic E-state index is 13.1. The van der Waals surface area contributed by atoms with Gasteiger partial charge in [-0.05, 0) is 124 Å². The normalized spacial score (nSPS) is 12.7. The van der Waals surface area contributed by atoms with Gasteiger partial charge in [0.1, 0.15) is 23.0 Å². The van der Waals surface area contributed by atoms with Crippen LogP contribution in [-0.4, -0.2) is 72.4 Å². The summed E-state index contributed by atoms with van der Waals surface area (Å²) >= 11 is 6.88. The van der Waals surface area contributed by atoms with E-state index < -0.39 is 24.4 Å². The van der Waals surface area contributed by atoms with E-state index in [-0.39, 0.29) is 0 Å². The summed E-state index contributed by atoms with van der Waals surface area (Å²) in [4.78, 5) is 36.3. The van der Waals surface area contributed by atoms with Crippen molar-refractivity contribution in [3.8, 4) is 23.0 Å². The zero-order valence-electron chi connectivity index (χ0n) is 27.9. The third-order valence-electron chi connectivity index (χ3n) is 8.17. The van der Waals surface area contributed by atoms with Gasteiger partial charge in [0, 0.05) is 56.0 Å². The number of halogens is 2. The molecule has 50 heavy (non-hydrogen) atoms. The predicted molar refractivity (Wildman–Crippen MR) is 200 cm³/mol. The Labute approximate surface area is 306 Å². The summed E-state index contributed by atoms with van der Waals surface area (Å²) in [5.41, 5.74) is 3.61. The number of nitrogens with zero attached hydrogens (tertiary/aromatic N) is 2. The molecule has 0 aliphatic carbocycles. The van der Waals surface area contributed by atoms with Crippen molar-refractivity contribution in [2.75, 3.05) is 28.2 Å². The number of ether oxygens (including phenoxy) is 4. The maximum absolute atomic E-state index is 13.1. The summed E-state index contributed by atoms with van der Waals surface area (Å²) in [7, 11) is 7.15. The van der Waals surface area contributed by atoms with E-state index in [0.29, 0.717) is 35.8 Å². The lowest BCUT2D eigenvalue weighted by atomic mass is 10.1. The molecule has 0 bridgehead atoms. The summed E-state index contributed by atoms with van der Waals surface area (Å²) in [5, 5.41) is 1.84. The first-order valence-corrected chi connectivity index (χ1v) is 17.4. The first-order chi connectivity index (χ1) is 24.0. The van der Waals surface area contributed by atoms with E-state index in [4.69, 9.17) is 18.9 Å². The number of aromatic amines is 2. The van der Waals surface area contributed by atoms with E-state index in [9.17, 15) is 9.59 Å². The highest BCUT2D eigenvalue weighted by Crippen LogP contribution is 2.31. The minimum Gasteiger partial charge on any atom is -0.457 e. The van der Waals surface area contributed by atoms with Gasteiger partial charge in [-0.15, -0.1) is 0 Å². The molecule has 0 radical (unpaired) electrons. The van der Waals surface area contributed by atoms with Crippen molar-refractivity contribution in [1.29, 1.82) is 0 Å². The molecule has 2 aromatic heterocycles. The van der Waals surface area contributed by atoms with Crippen molar-refractivity contribution < 1.29 is 28.5 Å². The molecule has 0 spiro atoms. The fourth-order valence-electron chi connectivity index (χ4n) is 5.44. The number of esters is 2. The lowest BCUT2D eigenvalue weighted by Gasteiger charge is -2.26. The Hall–Kier alpha value is -4.62. The van der Waals surface area contributed by atoms with Gasteiger partial charge in [0.15, 0.2) is 12.5 Å². The maximum Gasteiger partial charge on any atom is 0.419 e. The van der Waals surface area contributed by atoms with Crippen molar-refractivity contribution in [3.63, 3.8) is 0 Å². The third-order valence-corrected chi connectivity index (χ3v) is 9.23. The molecule has 0 saturated carbocycles. The van der Waals surface area contributed by atoms with Gasteiger partial charge in [0.25, 0.3) is 0 Å². The van der Waals surface area contributed by atoms with Gasteiger partial charge in [0.05, 0.1) is 0 Å². The van der Waals surface area contributed by atoms with Gasteiger partial charge in [-0.1, -0.05) is 31.9 Å². The monoisotopic (exact) mass is 802 g/mol. The number of rotatable bonds is 12. The smallest absolute Gasteiger partial charge is 0.419 e. The summed E-state index contributed by atoms with van der Waals surface area (Å²) in [6, 6.07) is 26.7. The van der Waals surface area contributed by atoms with Crippen molar-refractivity contribution in [2.24, 2.45) is 0 Å². The van der Waals surface area contributed by atoms with Crippen LogP contribution in [-0.2, 0) is 31.9 Å². The predicted octanol–water partition coefficient (Wildman–Crippen LogP) is 8.41. The molecule has 2 unspecified atom stereocenters. The molecule has 258 valence electrons. The van der Waals surface area contributed by atoms with Crippen LogP contribution in [0.2, 0.25) is 0 Å². The number of carbonyl (C=O) groups is 2. The van der Waals surface area contributed by atoms with Gasteiger partial charge in [-0.25, -0.2) is 9.59 Å². The number of H-pyrrole nitrogens is 2. The molecule has 2 N–H and O–H groups in total. The quantitative estimate of drug-likeness (QED) is 0.0722. The molecule has 0 amide bonds. The summed E-state index contributed by atoms with van der Waals surface area (Å²) < 4.78 is 25.5. The van der Waals surface area contributed by atoms with Crippen molar-refractivity contribution in [2.45, 2.75) is 25.3 Å². The average Bonchev–Trinajstić information content (AvgIpc) is 3.69. The standard InChI is InChI=1S/C38H36Br2N4O6/c1-43(2)35(17-23-21-41-33-15-13-29(19-31(23)33)47-27-9-5-25(39)6-10-27)49-37(45)38(46)50-36(44(3)4)18-24-22-42-34-16-14-30(20-32(24)34)48-28-11-7-26(40)8-12-28/h5-16,19-22,35-36,41-42H,17-18H2,1-4H3. The van der Waals surface area contributed by atoms with E-state index >= 15 is 0 Å². The number of benzene rings is 4. The molecular weight excluding hydrogens is 768 g/mol. The number of hydrogen-bond acceptors (Lipinski definition) is 8. The molecule has 2 atom stereocenters. The van der Waals surface area contributed by atoms with Crippen LogP contribution in [0, 0.1) is 0 Å². The molecule has 6 rings (SSSR count). The van der Waals surface area contributed by atoms with E-state index in [1.807, 2.05) is 97.3 Å². The fraction of sp³-hybridized carbons (Fsp3) is 0.211. The van der Waals surface area contributed by atoms with Crippen LogP contribution in [0.4, 0.5) is 0 Å². The molecule has 0 fully saturated rings. The summed E-state index contributed by atoms with van der Waals surface area (Å²) in [6.45, 7) is 0. The van der Waals surface area contributed by atoms with Gasteiger partial charge in [0.2, 0.25) is 0 Å². The second-order valence-electron chi connectivity index (χ2n) is 12.2. The van der Waals surface area contributed by atoms with Crippen LogP contribution >= 0.6 is 31.9 Å².